The zero-order valence-corrected chi connectivity index (χ0v) is 18.8. The van der Waals surface area contributed by atoms with Crippen molar-refractivity contribution in [2.24, 2.45) is 5.92 Å². The minimum Gasteiger partial charge on any atom is -0.445 e. The molecule has 1 N–H and O–H groups in total. The highest BCUT2D eigenvalue weighted by Gasteiger charge is 2.29. The highest BCUT2D eigenvalue weighted by atomic mass is 35.5. The molecule has 1 aliphatic rings. The molecule has 2 aromatic carbocycles. The van der Waals surface area contributed by atoms with Crippen LogP contribution >= 0.6 is 11.6 Å². The highest BCUT2D eigenvalue weighted by Crippen LogP contribution is 2.21. The van der Waals surface area contributed by atoms with Crippen molar-refractivity contribution in [1.82, 2.24) is 20.2 Å². The van der Waals surface area contributed by atoms with Gasteiger partial charge in [0.15, 0.2) is 0 Å². The molecule has 6 nitrogen and oxygen atoms in total. The third-order valence-corrected chi connectivity index (χ3v) is 5.97. The van der Waals surface area contributed by atoms with E-state index in [-0.39, 0.29) is 11.4 Å². The number of carbonyl (C=O) groups is 1. The Bertz CT molecular complexity index is 1050. The lowest BCUT2D eigenvalue weighted by Crippen LogP contribution is -2.50. The predicted molar refractivity (Wildman–Crippen MR) is 125 cm³/mol. The minimum atomic E-state index is -0.240. The van der Waals surface area contributed by atoms with Gasteiger partial charge in [-0.1, -0.05) is 55.5 Å². The molecule has 1 amide bonds. The van der Waals surface area contributed by atoms with Crippen molar-refractivity contribution in [3.8, 4) is 11.3 Å². The lowest BCUT2D eigenvalue weighted by atomic mass is 9.94. The van der Waals surface area contributed by atoms with Gasteiger partial charge in [0.2, 0.25) is 5.28 Å². The van der Waals surface area contributed by atoms with Crippen molar-refractivity contribution in [2.75, 3.05) is 13.1 Å². The van der Waals surface area contributed by atoms with Crippen molar-refractivity contribution < 1.29 is 9.53 Å². The van der Waals surface area contributed by atoms with E-state index >= 15 is 0 Å². The fraction of sp³-hybridized carbons (Fsp3) is 0.320. The predicted octanol–water partition coefficient (Wildman–Crippen LogP) is 4.93. The summed E-state index contributed by atoms with van der Waals surface area (Å²) in [5.41, 5.74) is 3.99. The molecule has 4 rings (SSSR count). The quantitative estimate of drug-likeness (QED) is 0.539. The number of amides is 1. The molecule has 166 valence electrons. The van der Waals surface area contributed by atoms with Gasteiger partial charge in [0.25, 0.3) is 0 Å². The fourth-order valence-electron chi connectivity index (χ4n) is 4.01. The van der Waals surface area contributed by atoms with Crippen LogP contribution in [0.1, 0.15) is 24.5 Å². The van der Waals surface area contributed by atoms with E-state index in [4.69, 9.17) is 16.3 Å². The maximum absolute atomic E-state index is 12.5. The van der Waals surface area contributed by atoms with Crippen molar-refractivity contribution in [1.29, 1.82) is 0 Å². The molecule has 1 fully saturated rings. The van der Waals surface area contributed by atoms with Crippen molar-refractivity contribution in [3.05, 3.63) is 83.3 Å². The summed E-state index contributed by atoms with van der Waals surface area (Å²) in [6.07, 6.45) is 2.31. The molecular formula is C25H27ClN4O2. The molecule has 32 heavy (non-hydrogen) atoms. The van der Waals surface area contributed by atoms with Crippen LogP contribution in [-0.2, 0) is 17.9 Å². The average molecular weight is 451 g/mol. The number of aromatic nitrogens is 2. The molecule has 3 aromatic rings. The number of ether oxygens (including phenoxy) is 1. The fourth-order valence-corrected chi connectivity index (χ4v) is 4.16. The van der Waals surface area contributed by atoms with E-state index in [9.17, 15) is 4.79 Å². The summed E-state index contributed by atoms with van der Waals surface area (Å²) >= 11 is 5.93. The maximum Gasteiger partial charge on any atom is 0.410 e. The zero-order valence-electron chi connectivity index (χ0n) is 18.1. The second-order valence-corrected chi connectivity index (χ2v) is 8.49. The molecule has 0 bridgehead atoms. The second-order valence-electron chi connectivity index (χ2n) is 8.15. The van der Waals surface area contributed by atoms with Crippen LogP contribution in [0.15, 0.2) is 66.9 Å². The van der Waals surface area contributed by atoms with Crippen LogP contribution < -0.4 is 5.32 Å². The van der Waals surface area contributed by atoms with Crippen LogP contribution in [0, 0.1) is 5.92 Å². The number of nitrogens with zero attached hydrogens (tertiary/aromatic N) is 3. The molecule has 0 spiro atoms. The zero-order chi connectivity index (χ0) is 22.3. The lowest BCUT2D eigenvalue weighted by Gasteiger charge is -2.36. The Kier molecular flexibility index (Phi) is 7.35. The molecule has 0 aliphatic carbocycles. The number of carbonyl (C=O) groups excluding carboxylic acids is 1. The number of nitrogens with one attached hydrogen (secondary N) is 1. The third-order valence-electron chi connectivity index (χ3n) is 5.79. The van der Waals surface area contributed by atoms with E-state index in [1.165, 1.54) is 5.56 Å². The normalized spacial score (nSPS) is 18.4. The molecule has 1 saturated heterocycles. The van der Waals surface area contributed by atoms with E-state index in [2.05, 4.69) is 34.3 Å². The Labute approximate surface area is 193 Å². The summed E-state index contributed by atoms with van der Waals surface area (Å²) in [6, 6.07) is 20.2. The molecule has 1 aliphatic heterocycles. The van der Waals surface area contributed by atoms with E-state index in [1.54, 1.807) is 6.20 Å². The van der Waals surface area contributed by atoms with Crippen molar-refractivity contribution >= 4 is 17.7 Å². The van der Waals surface area contributed by atoms with Gasteiger partial charge in [0.05, 0.1) is 5.69 Å². The SMILES string of the molecule is CC1CN(C(=O)OCc2ccccc2)CCC1NCc1cccc(-c2ccnc(Cl)n2)c1. The van der Waals surface area contributed by atoms with Gasteiger partial charge in [-0.2, -0.15) is 0 Å². The minimum absolute atomic E-state index is 0.240. The molecule has 0 radical (unpaired) electrons. The number of rotatable bonds is 6. The molecule has 2 unspecified atom stereocenters. The number of piperidine rings is 1. The molecule has 1 aromatic heterocycles. The first kappa shape index (κ1) is 22.2. The van der Waals surface area contributed by atoms with E-state index in [0.29, 0.717) is 31.7 Å². The number of benzene rings is 2. The molecule has 0 saturated carbocycles. The smallest absolute Gasteiger partial charge is 0.410 e. The molecular weight excluding hydrogens is 424 g/mol. The monoisotopic (exact) mass is 450 g/mol. The molecule has 2 atom stereocenters. The van der Waals surface area contributed by atoms with E-state index in [1.807, 2.05) is 53.4 Å². The van der Waals surface area contributed by atoms with Gasteiger partial charge in [-0.15, -0.1) is 0 Å². The van der Waals surface area contributed by atoms with Crippen molar-refractivity contribution in [2.45, 2.75) is 32.5 Å². The maximum atomic E-state index is 12.5. The summed E-state index contributed by atoms with van der Waals surface area (Å²) in [5, 5.41) is 3.90. The van der Waals surface area contributed by atoms with Gasteiger partial charge in [0, 0.05) is 37.4 Å². The summed E-state index contributed by atoms with van der Waals surface area (Å²) in [6.45, 7) is 4.60. The van der Waals surface area contributed by atoms with E-state index in [0.717, 1.165) is 29.8 Å². The van der Waals surface area contributed by atoms with Crippen LogP contribution in [-0.4, -0.2) is 40.1 Å². The number of likely N-dealkylation sites (tertiary alicyclic amines) is 1. The highest BCUT2D eigenvalue weighted by molar-refractivity contribution is 6.28. The van der Waals surface area contributed by atoms with Crippen LogP contribution in [0.25, 0.3) is 11.3 Å². The van der Waals surface area contributed by atoms with Gasteiger partial charge in [-0.05, 0) is 47.2 Å². The average Bonchev–Trinajstić information content (AvgIpc) is 2.82. The van der Waals surface area contributed by atoms with E-state index < -0.39 is 0 Å². The van der Waals surface area contributed by atoms with Crippen LogP contribution in [0.5, 0.6) is 0 Å². The van der Waals surface area contributed by atoms with Gasteiger partial charge in [0.1, 0.15) is 6.61 Å². The first-order valence-electron chi connectivity index (χ1n) is 10.9. The topological polar surface area (TPSA) is 67.3 Å². The second kappa shape index (κ2) is 10.6. The standard InChI is InChI=1S/C25H27ClN4O2/c1-18-16-30(25(31)32-17-19-6-3-2-4-7-19)13-11-22(18)28-15-20-8-5-9-21(14-20)23-10-12-27-24(26)29-23/h2-10,12,14,18,22,28H,11,13,15-17H2,1H3. The Balaban J connectivity index is 1.27. The Morgan fingerprint density at radius 1 is 1.16 bits per heavy atom. The number of halogens is 1. The molecule has 7 heteroatoms. The van der Waals surface area contributed by atoms with Crippen LogP contribution in [0.3, 0.4) is 0 Å². The summed E-state index contributed by atoms with van der Waals surface area (Å²) in [5.74, 6) is 0.330. The molecule has 2 heterocycles. The van der Waals surface area contributed by atoms with Gasteiger partial charge in [-0.25, -0.2) is 14.8 Å². The summed E-state index contributed by atoms with van der Waals surface area (Å²) < 4.78 is 5.49. The Hall–Kier alpha value is -2.96. The first-order chi connectivity index (χ1) is 15.6. The van der Waals surface area contributed by atoms with Crippen LogP contribution in [0.4, 0.5) is 4.79 Å². The van der Waals surface area contributed by atoms with Gasteiger partial charge >= 0.3 is 6.09 Å². The van der Waals surface area contributed by atoms with Crippen LogP contribution in [0.2, 0.25) is 5.28 Å². The largest absolute Gasteiger partial charge is 0.445 e. The first-order valence-corrected chi connectivity index (χ1v) is 11.2. The van der Waals surface area contributed by atoms with Crippen molar-refractivity contribution in [3.63, 3.8) is 0 Å². The van der Waals surface area contributed by atoms with Gasteiger partial charge in [-0.3, -0.25) is 0 Å². The lowest BCUT2D eigenvalue weighted by molar-refractivity contribution is 0.0732. The Morgan fingerprint density at radius 3 is 2.75 bits per heavy atom. The van der Waals surface area contributed by atoms with Gasteiger partial charge < -0.3 is 15.0 Å². The summed E-state index contributed by atoms with van der Waals surface area (Å²) in [7, 11) is 0. The number of hydrogen-bond acceptors (Lipinski definition) is 5. The Morgan fingerprint density at radius 2 is 1.97 bits per heavy atom. The number of hydrogen-bond donors (Lipinski definition) is 1. The summed E-state index contributed by atoms with van der Waals surface area (Å²) in [4.78, 5) is 22.5. The third kappa shape index (κ3) is 5.84.